The molecule has 104 valence electrons. The van der Waals surface area contributed by atoms with Gasteiger partial charge in [-0.15, -0.1) is 0 Å². The van der Waals surface area contributed by atoms with E-state index in [1.54, 1.807) is 27.7 Å². The number of pyridine rings is 1. The van der Waals surface area contributed by atoms with Gasteiger partial charge in [0.05, 0.1) is 4.92 Å². The first-order valence-corrected chi connectivity index (χ1v) is 5.76. The highest BCUT2D eigenvalue weighted by atomic mass is 16.6. The molecule has 0 unspecified atom stereocenters. The lowest BCUT2D eigenvalue weighted by molar-refractivity contribution is -0.385. The number of ether oxygens (including phenoxy) is 1. The molecule has 1 amide bonds. The van der Waals surface area contributed by atoms with E-state index in [9.17, 15) is 14.9 Å². The fourth-order valence-electron chi connectivity index (χ4n) is 1.33. The van der Waals surface area contributed by atoms with Gasteiger partial charge in [-0.25, -0.2) is 4.79 Å². The smallest absolute Gasteiger partial charge is 0.407 e. The second-order valence-electron chi connectivity index (χ2n) is 5.06. The first-order chi connectivity index (χ1) is 8.69. The van der Waals surface area contributed by atoms with Crippen LogP contribution in [-0.4, -0.2) is 21.6 Å². The van der Waals surface area contributed by atoms with Gasteiger partial charge < -0.3 is 10.1 Å². The van der Waals surface area contributed by atoms with Gasteiger partial charge in [0.1, 0.15) is 11.3 Å². The highest BCUT2D eigenvalue weighted by Crippen LogP contribution is 2.16. The topological polar surface area (TPSA) is 94.4 Å². The molecule has 0 radical (unpaired) electrons. The highest BCUT2D eigenvalue weighted by molar-refractivity contribution is 5.67. The standard InChI is InChI=1S/C12H17N3O4/c1-8-10(15(17)18)5-9(6-13-8)7-14-11(16)19-12(2,3)4/h5-6H,7H2,1-4H3,(H,14,16). The molecule has 7 heteroatoms. The molecule has 0 saturated heterocycles. The Kier molecular flexibility index (Phi) is 4.42. The van der Waals surface area contributed by atoms with Crippen molar-refractivity contribution in [2.24, 2.45) is 0 Å². The van der Waals surface area contributed by atoms with Crippen molar-refractivity contribution in [1.82, 2.24) is 10.3 Å². The van der Waals surface area contributed by atoms with Gasteiger partial charge in [-0.05, 0) is 33.3 Å². The van der Waals surface area contributed by atoms with Crippen molar-refractivity contribution in [3.8, 4) is 0 Å². The number of carbonyl (C=O) groups is 1. The summed E-state index contributed by atoms with van der Waals surface area (Å²) in [7, 11) is 0. The van der Waals surface area contributed by atoms with E-state index >= 15 is 0 Å². The van der Waals surface area contributed by atoms with E-state index < -0.39 is 16.6 Å². The third-order valence-corrected chi connectivity index (χ3v) is 2.15. The number of carbonyl (C=O) groups excluding carboxylic acids is 1. The lowest BCUT2D eigenvalue weighted by atomic mass is 10.2. The van der Waals surface area contributed by atoms with Crippen molar-refractivity contribution >= 4 is 11.8 Å². The number of amides is 1. The van der Waals surface area contributed by atoms with Gasteiger partial charge in [0.15, 0.2) is 0 Å². The Morgan fingerprint density at radius 2 is 2.16 bits per heavy atom. The van der Waals surface area contributed by atoms with Crippen LogP contribution >= 0.6 is 0 Å². The zero-order chi connectivity index (χ0) is 14.6. The van der Waals surface area contributed by atoms with Crippen LogP contribution in [0, 0.1) is 17.0 Å². The van der Waals surface area contributed by atoms with Crippen molar-refractivity contribution in [3.05, 3.63) is 33.6 Å². The largest absolute Gasteiger partial charge is 0.444 e. The molecule has 0 fully saturated rings. The molecule has 1 aromatic heterocycles. The van der Waals surface area contributed by atoms with E-state index in [2.05, 4.69) is 10.3 Å². The summed E-state index contributed by atoms with van der Waals surface area (Å²) in [6.07, 6.45) is 0.912. The maximum Gasteiger partial charge on any atom is 0.407 e. The Labute approximate surface area is 111 Å². The van der Waals surface area contributed by atoms with Gasteiger partial charge in [0, 0.05) is 18.8 Å². The van der Waals surface area contributed by atoms with Gasteiger partial charge in [0.2, 0.25) is 0 Å². The zero-order valence-corrected chi connectivity index (χ0v) is 11.4. The average Bonchev–Trinajstić information content (AvgIpc) is 2.25. The molecule has 1 rings (SSSR count). The van der Waals surface area contributed by atoms with E-state index in [-0.39, 0.29) is 12.2 Å². The minimum Gasteiger partial charge on any atom is -0.444 e. The first-order valence-electron chi connectivity index (χ1n) is 5.76. The van der Waals surface area contributed by atoms with Crippen molar-refractivity contribution < 1.29 is 14.5 Å². The number of nitrogens with zero attached hydrogens (tertiary/aromatic N) is 2. The zero-order valence-electron chi connectivity index (χ0n) is 11.4. The molecular formula is C12H17N3O4. The van der Waals surface area contributed by atoms with Crippen molar-refractivity contribution in [2.75, 3.05) is 0 Å². The van der Waals surface area contributed by atoms with Crippen LogP contribution in [0.3, 0.4) is 0 Å². The molecule has 0 aromatic carbocycles. The van der Waals surface area contributed by atoms with Crippen LogP contribution in [-0.2, 0) is 11.3 Å². The van der Waals surface area contributed by atoms with Gasteiger partial charge >= 0.3 is 6.09 Å². The number of hydrogen-bond donors (Lipinski definition) is 1. The minimum atomic E-state index is -0.582. The van der Waals surface area contributed by atoms with E-state index in [1.165, 1.54) is 12.3 Å². The van der Waals surface area contributed by atoms with Crippen molar-refractivity contribution in [2.45, 2.75) is 39.8 Å². The van der Waals surface area contributed by atoms with Crippen LogP contribution in [0.4, 0.5) is 10.5 Å². The third kappa shape index (κ3) is 4.90. The number of rotatable bonds is 3. The lowest BCUT2D eigenvalue weighted by Crippen LogP contribution is -2.32. The van der Waals surface area contributed by atoms with Crippen molar-refractivity contribution in [1.29, 1.82) is 0 Å². The van der Waals surface area contributed by atoms with Crippen molar-refractivity contribution in [3.63, 3.8) is 0 Å². The fourth-order valence-corrected chi connectivity index (χ4v) is 1.33. The van der Waals surface area contributed by atoms with Crippen LogP contribution in [0.2, 0.25) is 0 Å². The molecule has 0 spiro atoms. The normalized spacial score (nSPS) is 10.9. The molecule has 0 aliphatic carbocycles. The Balaban J connectivity index is 2.66. The van der Waals surface area contributed by atoms with Crippen LogP contribution in [0.1, 0.15) is 32.0 Å². The molecule has 19 heavy (non-hydrogen) atoms. The minimum absolute atomic E-state index is 0.0662. The molecule has 0 saturated carbocycles. The number of hydrogen-bond acceptors (Lipinski definition) is 5. The van der Waals surface area contributed by atoms with E-state index in [0.29, 0.717) is 11.3 Å². The monoisotopic (exact) mass is 267 g/mol. The van der Waals surface area contributed by atoms with Crippen LogP contribution in [0.5, 0.6) is 0 Å². The SMILES string of the molecule is Cc1ncc(CNC(=O)OC(C)(C)C)cc1[N+](=O)[O-]. The molecule has 0 bridgehead atoms. The average molecular weight is 267 g/mol. The van der Waals surface area contributed by atoms with Crippen LogP contribution in [0.25, 0.3) is 0 Å². The second kappa shape index (κ2) is 5.64. The maximum atomic E-state index is 11.4. The third-order valence-electron chi connectivity index (χ3n) is 2.15. The van der Waals surface area contributed by atoms with Gasteiger partial charge in [0.25, 0.3) is 5.69 Å². The summed E-state index contributed by atoms with van der Waals surface area (Å²) in [6, 6.07) is 1.39. The number of aromatic nitrogens is 1. The summed E-state index contributed by atoms with van der Waals surface area (Å²) < 4.78 is 5.06. The van der Waals surface area contributed by atoms with Gasteiger partial charge in [-0.3, -0.25) is 15.1 Å². The predicted molar refractivity (Wildman–Crippen MR) is 68.7 cm³/mol. The molecule has 0 aliphatic rings. The fraction of sp³-hybridized carbons (Fsp3) is 0.500. The second-order valence-corrected chi connectivity index (χ2v) is 5.06. The Hall–Kier alpha value is -2.18. The Bertz CT molecular complexity index is 494. The van der Waals surface area contributed by atoms with E-state index in [0.717, 1.165) is 0 Å². The molecule has 0 aliphatic heterocycles. The summed E-state index contributed by atoms with van der Waals surface area (Å²) in [5.74, 6) is 0. The number of nitro groups is 1. The van der Waals surface area contributed by atoms with Crippen LogP contribution < -0.4 is 5.32 Å². The summed E-state index contributed by atoms with van der Waals surface area (Å²) in [6.45, 7) is 6.95. The van der Waals surface area contributed by atoms with Gasteiger partial charge in [-0.1, -0.05) is 0 Å². The number of nitrogens with one attached hydrogen (secondary N) is 1. The molecule has 1 heterocycles. The molecule has 1 N–H and O–H groups in total. The molecule has 7 nitrogen and oxygen atoms in total. The first kappa shape index (κ1) is 14.9. The lowest BCUT2D eigenvalue weighted by Gasteiger charge is -2.19. The van der Waals surface area contributed by atoms with E-state index in [1.807, 2.05) is 0 Å². The maximum absolute atomic E-state index is 11.4. The van der Waals surface area contributed by atoms with Gasteiger partial charge in [-0.2, -0.15) is 0 Å². The summed E-state index contributed by atoms with van der Waals surface area (Å²) in [5.41, 5.74) is 0.236. The summed E-state index contributed by atoms with van der Waals surface area (Å²) >= 11 is 0. The van der Waals surface area contributed by atoms with E-state index in [4.69, 9.17) is 4.74 Å². The number of alkyl carbamates (subject to hydrolysis) is 1. The molecule has 1 aromatic rings. The highest BCUT2D eigenvalue weighted by Gasteiger charge is 2.17. The number of aryl methyl sites for hydroxylation is 1. The quantitative estimate of drug-likeness (QED) is 0.670. The summed E-state index contributed by atoms with van der Waals surface area (Å²) in [5, 5.41) is 13.3. The summed E-state index contributed by atoms with van der Waals surface area (Å²) in [4.78, 5) is 25.6. The Morgan fingerprint density at radius 1 is 1.53 bits per heavy atom. The Morgan fingerprint density at radius 3 is 2.68 bits per heavy atom. The molecular weight excluding hydrogens is 250 g/mol. The molecule has 0 atom stereocenters. The predicted octanol–water partition coefficient (Wildman–Crippen LogP) is 2.32. The van der Waals surface area contributed by atoms with Crippen LogP contribution in [0.15, 0.2) is 12.3 Å².